The lowest BCUT2D eigenvalue weighted by molar-refractivity contribution is -0.138. The van der Waals surface area contributed by atoms with Gasteiger partial charge >= 0.3 is 11.9 Å². The van der Waals surface area contributed by atoms with Gasteiger partial charge in [-0.1, -0.05) is 198 Å². The third kappa shape index (κ3) is 54.0. The summed E-state index contributed by atoms with van der Waals surface area (Å²) in [5.41, 5.74) is 3.64. The van der Waals surface area contributed by atoms with Gasteiger partial charge in [-0.3, -0.25) is 96.5 Å². The molecule has 0 bridgehead atoms. The molecule has 6 aliphatic heterocycles. The fourth-order valence-electron chi connectivity index (χ4n) is 15.6. The highest BCUT2D eigenvalue weighted by Crippen LogP contribution is 2.43. The van der Waals surface area contributed by atoms with E-state index >= 15 is 0 Å². The van der Waals surface area contributed by atoms with E-state index in [1.165, 1.54) is 266 Å². The number of amides is 12. The minimum Gasteiger partial charge on any atom is -0.371 e. The molecule has 12 amide bonds. The molecule has 6 heterocycles. The quantitative estimate of drug-likeness (QED) is 0.0180. The number of allylic oxidation sites excluding steroid dienone is 2. The maximum absolute atomic E-state index is 11.9. The van der Waals surface area contributed by atoms with Crippen LogP contribution in [0.2, 0.25) is 0 Å². The van der Waals surface area contributed by atoms with Crippen molar-refractivity contribution in [1.82, 2.24) is 29.4 Å². The second kappa shape index (κ2) is 76.1. The predicted octanol–water partition coefficient (Wildman–Crippen LogP) is 14.7. The van der Waals surface area contributed by atoms with E-state index in [0.717, 1.165) is 85.8 Å². The van der Waals surface area contributed by atoms with Crippen molar-refractivity contribution in [3.63, 3.8) is 0 Å². The van der Waals surface area contributed by atoms with Gasteiger partial charge in [0.1, 0.15) is 12.2 Å². The van der Waals surface area contributed by atoms with Crippen LogP contribution in [0, 0.1) is 225 Å². The molecule has 0 fully saturated rings. The average molecular weight is 1890 g/mol. The first kappa shape index (κ1) is 116. The molecule has 0 radical (unpaired) electrons. The molecule has 0 aromatic rings. The molecule has 2 atom stereocenters. The monoisotopic (exact) mass is 1890 g/mol. The van der Waals surface area contributed by atoms with E-state index in [1.54, 1.807) is 0 Å². The summed E-state index contributed by atoms with van der Waals surface area (Å²) in [6.45, 7) is 7.38. The van der Waals surface area contributed by atoms with Gasteiger partial charge in [0.15, 0.2) is 0 Å². The van der Waals surface area contributed by atoms with Crippen molar-refractivity contribution in [1.29, 1.82) is 0 Å². The van der Waals surface area contributed by atoms with E-state index in [0.29, 0.717) is 77.8 Å². The van der Waals surface area contributed by atoms with Crippen LogP contribution in [0.4, 0.5) is 0 Å². The molecule has 0 saturated heterocycles. The first-order chi connectivity index (χ1) is 68.9. The van der Waals surface area contributed by atoms with E-state index in [1.807, 2.05) is 11.1 Å². The molecule has 7 rings (SSSR count). The normalized spacial score (nSPS) is 14.1. The van der Waals surface area contributed by atoms with Gasteiger partial charge in [-0.25, -0.2) is 0 Å². The summed E-state index contributed by atoms with van der Waals surface area (Å²) in [6, 6.07) is 0. The zero-order valence-electron chi connectivity index (χ0n) is 81.4. The summed E-state index contributed by atoms with van der Waals surface area (Å²) >= 11 is 0. The van der Waals surface area contributed by atoms with Crippen LogP contribution in [0.25, 0.3) is 0 Å². The summed E-state index contributed by atoms with van der Waals surface area (Å²) in [7, 11) is 0. The van der Waals surface area contributed by atoms with Gasteiger partial charge in [0.2, 0.25) is 0 Å². The number of hydrogen-bond acceptors (Lipinski definition) is 16. The Kier molecular flexibility index (Phi) is 62.4. The second-order valence-electron chi connectivity index (χ2n) is 33.5. The highest BCUT2D eigenvalue weighted by Gasteiger charge is 2.31. The number of hydrogen-bond donors (Lipinski definition) is 0. The van der Waals surface area contributed by atoms with Gasteiger partial charge in [-0.15, -0.1) is 0 Å². The van der Waals surface area contributed by atoms with Crippen LogP contribution < -0.4 is 0 Å². The third-order valence-electron chi connectivity index (χ3n) is 22.9. The van der Waals surface area contributed by atoms with Crippen LogP contribution in [0.1, 0.15) is 303 Å². The molecule has 0 saturated carbocycles. The smallest absolute Gasteiger partial charge is 0.319 e. The van der Waals surface area contributed by atoms with Crippen molar-refractivity contribution in [2.45, 2.75) is 303 Å². The van der Waals surface area contributed by atoms with Crippen molar-refractivity contribution in [3.8, 4) is 214 Å². The Morgan fingerprint density at radius 3 is 0.560 bits per heavy atom. The van der Waals surface area contributed by atoms with E-state index in [-0.39, 0.29) is 83.7 Å². The van der Waals surface area contributed by atoms with Gasteiger partial charge in [-0.2, -0.15) is 0 Å². The molecule has 0 aromatic carbocycles. The minimum absolute atomic E-state index is 0.148. The Morgan fingerprint density at radius 1 is 0.213 bits per heavy atom. The van der Waals surface area contributed by atoms with Crippen molar-refractivity contribution < 1.29 is 76.6 Å². The standard InChI is InChI=1S/C56H24N2O8.C42H68N2O4.C21H30N2O4/c59-51-43-44-52(60)57(51)47-37-33-35-41-55(63)65-49-39-31-29-27-25-23-21-19-17-15-13-11-9-7-5-3-1-2-4-6-8-10-12-14-16-18-20-22-24-26-28-30-32-40-50-66-56(64)42-36-34-38-48-58-53(61)45-46-54(58)62;1-3-5-7-9-12-18-24-36-34-37(25-19-13-10-15-21-31-43-39(45)27-28-40(43)46)38(33-35(36)23-17-11-8-6-4-2)26-20-14-16-22-32-44-41(47)29-30-42(44)48;24-18-12-13-19(25)22(18)16-10-8-6-4-2-1-3-5-7-9-11-17-23-20(26)14-15-21(23)27/h43-46H,33-38,41-42,47-48H2;27-30,37-38H,3-26,31-34H2,1-2H3;12-15H,1-11,16-17H2. The predicted molar refractivity (Wildman–Crippen MR) is 540 cm³/mol. The molecule has 7 aliphatic rings. The highest BCUT2D eigenvalue weighted by atomic mass is 16.5. The van der Waals surface area contributed by atoms with E-state index < -0.39 is 11.9 Å². The van der Waals surface area contributed by atoms with Gasteiger partial charge in [-0.05, 0) is 115 Å². The number of esters is 2. The van der Waals surface area contributed by atoms with Crippen LogP contribution in [0.5, 0.6) is 0 Å². The number of rotatable bonds is 54. The van der Waals surface area contributed by atoms with Crippen molar-refractivity contribution in [3.05, 3.63) is 84.1 Å². The van der Waals surface area contributed by atoms with E-state index in [4.69, 9.17) is 9.47 Å². The van der Waals surface area contributed by atoms with Crippen LogP contribution >= 0.6 is 0 Å². The van der Waals surface area contributed by atoms with Gasteiger partial charge in [0.25, 0.3) is 70.9 Å². The first-order valence-electron chi connectivity index (χ1n) is 49.2. The SMILES string of the molecule is CCCCCCCCC1=C(CCCCCCC)CC(CCCCCCN2C(=O)C=CC2=O)C(CCCCCCCN2C(=O)C=CC2=O)C1.O=C(CCCCCN1C(=O)C=CC1=O)OC#CC#CC#CC#CC#CC#CC#CC#CC#CC#CC#CC#CC#CC#CC#CC#CC#CC#COC(=O)CCCCCN1C(=O)C=CC1=O.O=C1C=CC(=O)N1CCCCCCCCCCCCCN1C(=O)C=CC1=O. The lowest BCUT2D eigenvalue weighted by atomic mass is 9.70. The number of carbonyl (C=O) groups excluding carboxylic acids is 14. The average Bonchev–Trinajstić information content (AvgIpc) is 1.82. The van der Waals surface area contributed by atoms with Gasteiger partial charge in [0.05, 0.1) is 0 Å². The molecular formula is C119H122N6O16. The van der Waals surface area contributed by atoms with Crippen molar-refractivity contribution in [2.75, 3.05) is 39.3 Å². The van der Waals surface area contributed by atoms with Crippen LogP contribution in [0.15, 0.2) is 84.1 Å². The largest absolute Gasteiger partial charge is 0.371 e. The summed E-state index contributed by atoms with van der Waals surface area (Å²) < 4.78 is 9.49. The summed E-state index contributed by atoms with van der Waals surface area (Å²) in [4.78, 5) is 170. The Labute approximate surface area is 835 Å². The van der Waals surface area contributed by atoms with Crippen LogP contribution in [-0.2, 0) is 76.6 Å². The molecule has 22 heteroatoms. The second-order valence-corrected chi connectivity index (χ2v) is 33.5. The first-order valence-corrected chi connectivity index (χ1v) is 49.2. The molecule has 724 valence electrons. The zero-order valence-corrected chi connectivity index (χ0v) is 81.4. The molecule has 141 heavy (non-hydrogen) atoms. The third-order valence-corrected chi connectivity index (χ3v) is 22.9. The minimum atomic E-state index is -0.506. The zero-order chi connectivity index (χ0) is 101. The lowest BCUT2D eigenvalue weighted by Crippen LogP contribution is -2.30. The maximum Gasteiger partial charge on any atom is 0.319 e. The molecule has 1 aliphatic carbocycles. The van der Waals surface area contributed by atoms with Crippen LogP contribution in [0.3, 0.4) is 0 Å². The lowest BCUT2D eigenvalue weighted by Gasteiger charge is -2.36. The Morgan fingerprint density at radius 2 is 0.369 bits per heavy atom. The molecule has 22 nitrogen and oxygen atoms in total. The number of nitrogens with zero attached hydrogens (tertiary/aromatic N) is 6. The number of ether oxygens (including phenoxy) is 2. The number of imide groups is 6. The van der Waals surface area contributed by atoms with Gasteiger partial charge < -0.3 is 9.47 Å². The molecular weight excluding hydrogens is 1770 g/mol. The molecule has 0 spiro atoms. The number of unbranched alkanes of at least 4 members (excludes halogenated alkanes) is 30. The highest BCUT2D eigenvalue weighted by molar-refractivity contribution is 6.16. The Bertz CT molecular complexity index is 5570. The topological polar surface area (TPSA) is 277 Å². The summed E-state index contributed by atoms with van der Waals surface area (Å²) in [5.74, 6) is 81.4. The van der Waals surface area contributed by atoms with Crippen molar-refractivity contribution in [2.24, 2.45) is 11.8 Å². The molecule has 0 N–H and O–H groups in total. The summed E-state index contributed by atoms with van der Waals surface area (Å²) in [6.07, 6.45) is 69.0. The Balaban J connectivity index is 0.000000405. The van der Waals surface area contributed by atoms with Crippen LogP contribution in [-0.4, -0.2) is 151 Å². The number of carbonyl (C=O) groups is 14. The maximum atomic E-state index is 11.9. The molecule has 2 unspecified atom stereocenters. The Hall–Kier alpha value is -16.0. The molecule has 0 aromatic heterocycles. The fraction of sp³-hybridized carbons (Fsp3) is 0.462. The summed E-state index contributed by atoms with van der Waals surface area (Å²) in [5, 5.41) is 0. The van der Waals surface area contributed by atoms with E-state index in [2.05, 4.69) is 227 Å². The van der Waals surface area contributed by atoms with Gasteiger partial charge in [0, 0.05) is 326 Å². The fourth-order valence-corrected chi connectivity index (χ4v) is 15.6. The van der Waals surface area contributed by atoms with Crippen molar-refractivity contribution >= 4 is 82.8 Å². The van der Waals surface area contributed by atoms with E-state index in [9.17, 15) is 67.1 Å².